The van der Waals surface area contributed by atoms with E-state index in [1.165, 1.54) is 12.1 Å². The molecule has 0 atom stereocenters. The minimum Gasteiger partial charge on any atom is -0.378 e. The second-order valence-electron chi connectivity index (χ2n) is 4.79. The monoisotopic (exact) mass is 257 g/mol. The van der Waals surface area contributed by atoms with Crippen LogP contribution in [-0.4, -0.2) is 19.9 Å². The Kier molecular flexibility index (Phi) is 3.65. The Balaban J connectivity index is 2.41. The second-order valence-corrected chi connectivity index (χ2v) is 4.79. The molecule has 0 heterocycles. The van der Waals surface area contributed by atoms with Gasteiger partial charge in [-0.05, 0) is 42.8 Å². The van der Waals surface area contributed by atoms with Gasteiger partial charge in [-0.2, -0.15) is 0 Å². The molecule has 3 heteroatoms. The van der Waals surface area contributed by atoms with E-state index in [9.17, 15) is 9.18 Å². The summed E-state index contributed by atoms with van der Waals surface area (Å²) in [5.74, 6) is -0.543. The number of rotatable bonds is 3. The zero-order valence-electron chi connectivity index (χ0n) is 11.3. The normalized spacial score (nSPS) is 10.3. The van der Waals surface area contributed by atoms with Gasteiger partial charge >= 0.3 is 0 Å². The van der Waals surface area contributed by atoms with Gasteiger partial charge in [0, 0.05) is 30.9 Å². The van der Waals surface area contributed by atoms with Crippen LogP contribution < -0.4 is 4.90 Å². The van der Waals surface area contributed by atoms with Gasteiger partial charge in [-0.3, -0.25) is 4.79 Å². The van der Waals surface area contributed by atoms with Crippen molar-refractivity contribution in [3.05, 3.63) is 65.0 Å². The van der Waals surface area contributed by atoms with E-state index in [4.69, 9.17) is 0 Å². The number of carbonyl (C=O) groups excluding carboxylic acids is 1. The van der Waals surface area contributed by atoms with E-state index in [0.717, 1.165) is 11.3 Å². The van der Waals surface area contributed by atoms with Crippen molar-refractivity contribution in [1.82, 2.24) is 0 Å². The van der Waals surface area contributed by atoms with Crippen LogP contribution >= 0.6 is 0 Å². The highest BCUT2D eigenvalue weighted by Crippen LogP contribution is 2.18. The molecule has 98 valence electrons. The first-order valence-corrected chi connectivity index (χ1v) is 6.06. The maximum absolute atomic E-state index is 13.4. The quantitative estimate of drug-likeness (QED) is 0.785. The lowest BCUT2D eigenvalue weighted by Crippen LogP contribution is -2.10. The number of hydrogen-bond donors (Lipinski definition) is 0. The van der Waals surface area contributed by atoms with E-state index in [-0.39, 0.29) is 11.6 Å². The molecular formula is C16H16FNO. The Labute approximate surface area is 112 Å². The van der Waals surface area contributed by atoms with Crippen molar-refractivity contribution in [2.45, 2.75) is 6.92 Å². The van der Waals surface area contributed by atoms with Gasteiger partial charge in [0.15, 0.2) is 5.78 Å². The lowest BCUT2D eigenvalue weighted by atomic mass is 10.0. The van der Waals surface area contributed by atoms with Gasteiger partial charge in [-0.15, -0.1) is 0 Å². The molecule has 0 amide bonds. The maximum atomic E-state index is 13.4. The fraction of sp³-hybridized carbons (Fsp3) is 0.188. The third-order valence-corrected chi connectivity index (χ3v) is 2.93. The molecule has 0 aliphatic rings. The van der Waals surface area contributed by atoms with Crippen LogP contribution in [0.2, 0.25) is 0 Å². The van der Waals surface area contributed by atoms with Gasteiger partial charge < -0.3 is 4.90 Å². The minimum atomic E-state index is -0.382. The zero-order valence-corrected chi connectivity index (χ0v) is 11.3. The van der Waals surface area contributed by atoms with Gasteiger partial charge in [0.1, 0.15) is 5.82 Å². The predicted octanol–water partition coefficient (Wildman–Crippen LogP) is 3.43. The van der Waals surface area contributed by atoms with Gasteiger partial charge in [-0.1, -0.05) is 12.1 Å². The second kappa shape index (κ2) is 5.22. The number of nitrogens with zero attached hydrogens (tertiary/aromatic N) is 1. The van der Waals surface area contributed by atoms with Crippen LogP contribution in [0.25, 0.3) is 0 Å². The smallest absolute Gasteiger partial charge is 0.193 e. The summed E-state index contributed by atoms with van der Waals surface area (Å²) in [6.07, 6.45) is 0. The number of ketones is 1. The third kappa shape index (κ3) is 2.99. The standard InChI is InChI=1S/C16H16FNO/c1-11-7-13(9-14(17)8-11)16(19)12-5-4-6-15(10-12)18(2)3/h4-10H,1-3H3. The molecule has 0 radical (unpaired) electrons. The number of hydrogen-bond acceptors (Lipinski definition) is 2. The van der Waals surface area contributed by atoms with E-state index >= 15 is 0 Å². The lowest BCUT2D eigenvalue weighted by molar-refractivity contribution is 0.103. The summed E-state index contributed by atoms with van der Waals surface area (Å²) in [4.78, 5) is 14.3. The molecule has 0 saturated carbocycles. The highest BCUT2D eigenvalue weighted by atomic mass is 19.1. The highest BCUT2D eigenvalue weighted by Gasteiger charge is 2.11. The Morgan fingerprint density at radius 2 is 1.79 bits per heavy atom. The van der Waals surface area contributed by atoms with Gasteiger partial charge in [-0.25, -0.2) is 4.39 Å². The fourth-order valence-corrected chi connectivity index (χ4v) is 1.96. The average Bonchev–Trinajstić information content (AvgIpc) is 2.37. The lowest BCUT2D eigenvalue weighted by Gasteiger charge is -2.13. The third-order valence-electron chi connectivity index (χ3n) is 2.93. The summed E-state index contributed by atoms with van der Waals surface area (Å²) in [5.41, 5.74) is 2.63. The molecule has 0 aromatic heterocycles. The highest BCUT2D eigenvalue weighted by molar-refractivity contribution is 6.09. The number of carbonyl (C=O) groups is 1. The summed E-state index contributed by atoms with van der Waals surface area (Å²) in [5, 5.41) is 0. The summed E-state index contributed by atoms with van der Waals surface area (Å²) in [7, 11) is 3.83. The molecular weight excluding hydrogens is 241 g/mol. The molecule has 2 aromatic rings. The SMILES string of the molecule is Cc1cc(F)cc(C(=O)c2cccc(N(C)C)c2)c1. The van der Waals surface area contributed by atoms with E-state index in [1.54, 1.807) is 19.1 Å². The topological polar surface area (TPSA) is 20.3 Å². The molecule has 0 spiro atoms. The molecule has 0 aliphatic carbocycles. The molecule has 0 N–H and O–H groups in total. The number of anilines is 1. The predicted molar refractivity (Wildman–Crippen MR) is 75.3 cm³/mol. The van der Waals surface area contributed by atoms with Crippen molar-refractivity contribution in [2.75, 3.05) is 19.0 Å². The largest absolute Gasteiger partial charge is 0.378 e. The molecule has 0 unspecified atom stereocenters. The van der Waals surface area contributed by atoms with Crippen LogP contribution in [0.1, 0.15) is 21.5 Å². The number of halogens is 1. The summed E-state index contributed by atoms with van der Waals surface area (Å²) < 4.78 is 13.4. The Bertz CT molecular complexity index is 600. The van der Waals surface area contributed by atoms with Crippen LogP contribution in [-0.2, 0) is 0 Å². The molecule has 2 nitrogen and oxygen atoms in total. The van der Waals surface area contributed by atoms with Gasteiger partial charge in [0.05, 0.1) is 0 Å². The maximum Gasteiger partial charge on any atom is 0.193 e. The Morgan fingerprint density at radius 3 is 2.42 bits per heavy atom. The summed E-state index contributed by atoms with van der Waals surface area (Å²) in [6, 6.07) is 11.7. The molecule has 0 saturated heterocycles. The Morgan fingerprint density at radius 1 is 1.05 bits per heavy atom. The first-order chi connectivity index (χ1) is 8.97. The van der Waals surface area contributed by atoms with Crippen LogP contribution in [0.3, 0.4) is 0 Å². The first kappa shape index (κ1) is 13.3. The number of aryl methyl sites for hydroxylation is 1. The van der Waals surface area contributed by atoms with Crippen molar-refractivity contribution in [2.24, 2.45) is 0 Å². The number of benzene rings is 2. The van der Waals surface area contributed by atoms with Gasteiger partial charge in [0.2, 0.25) is 0 Å². The molecule has 19 heavy (non-hydrogen) atoms. The van der Waals surface area contributed by atoms with Crippen molar-refractivity contribution < 1.29 is 9.18 Å². The van der Waals surface area contributed by atoms with Crippen molar-refractivity contribution in [3.8, 4) is 0 Å². The first-order valence-electron chi connectivity index (χ1n) is 6.06. The molecule has 2 aromatic carbocycles. The molecule has 0 bridgehead atoms. The van der Waals surface area contributed by atoms with E-state index in [0.29, 0.717) is 11.1 Å². The molecule has 0 fully saturated rings. The summed E-state index contributed by atoms with van der Waals surface area (Å²) in [6.45, 7) is 1.77. The summed E-state index contributed by atoms with van der Waals surface area (Å²) >= 11 is 0. The van der Waals surface area contributed by atoms with E-state index < -0.39 is 0 Å². The minimum absolute atomic E-state index is 0.161. The van der Waals surface area contributed by atoms with Crippen LogP contribution in [0, 0.1) is 12.7 Å². The van der Waals surface area contributed by atoms with Crippen LogP contribution in [0.15, 0.2) is 42.5 Å². The zero-order chi connectivity index (χ0) is 14.0. The van der Waals surface area contributed by atoms with Crippen molar-refractivity contribution in [3.63, 3.8) is 0 Å². The molecule has 0 aliphatic heterocycles. The van der Waals surface area contributed by atoms with E-state index in [2.05, 4.69) is 0 Å². The van der Waals surface area contributed by atoms with E-state index in [1.807, 2.05) is 37.2 Å². The van der Waals surface area contributed by atoms with Gasteiger partial charge in [0.25, 0.3) is 0 Å². The fourth-order valence-electron chi connectivity index (χ4n) is 1.96. The van der Waals surface area contributed by atoms with Crippen molar-refractivity contribution >= 4 is 11.5 Å². The van der Waals surface area contributed by atoms with Crippen LogP contribution in [0.4, 0.5) is 10.1 Å². The Hall–Kier alpha value is -2.16. The van der Waals surface area contributed by atoms with Crippen LogP contribution in [0.5, 0.6) is 0 Å². The molecule has 2 rings (SSSR count). The average molecular weight is 257 g/mol. The van der Waals surface area contributed by atoms with Crippen molar-refractivity contribution in [1.29, 1.82) is 0 Å².